The quantitative estimate of drug-likeness (QED) is 0.647. The first-order chi connectivity index (χ1) is 7.73. The molecule has 0 atom stereocenters. The molecule has 0 aliphatic carbocycles. The number of hydrogen-bond acceptors (Lipinski definition) is 0. The smallest absolute Gasteiger partial charge is 0.212 e. The van der Waals surface area contributed by atoms with Crippen LogP contribution in [0.2, 0.25) is 0 Å². The summed E-state index contributed by atoms with van der Waals surface area (Å²) in [6.45, 7) is 0. The lowest BCUT2D eigenvalue weighted by Crippen LogP contribution is -2.36. The van der Waals surface area contributed by atoms with Crippen molar-refractivity contribution in [1.82, 2.24) is 0 Å². The molecule has 0 radical (unpaired) electrons. The van der Waals surface area contributed by atoms with Crippen LogP contribution in [-0.4, -0.2) is 18.5 Å². The van der Waals surface area contributed by atoms with E-state index in [2.05, 4.69) is 0 Å². The monoisotopic (exact) mass is 292 g/mol. The van der Waals surface area contributed by atoms with E-state index in [1.54, 1.807) is 0 Å². The molecule has 108 valence electrons. The van der Waals surface area contributed by atoms with E-state index < -0.39 is 49.2 Å². The second-order valence-corrected chi connectivity index (χ2v) is 3.31. The van der Waals surface area contributed by atoms with Crippen molar-refractivity contribution in [1.29, 1.82) is 0 Å². The fourth-order valence-corrected chi connectivity index (χ4v) is 1.04. The summed E-state index contributed by atoms with van der Waals surface area (Å²) in [7, 11) is 0. The maximum absolute atomic E-state index is 12.4. The highest BCUT2D eigenvalue weighted by atomic mass is 19.4. The van der Waals surface area contributed by atoms with Crippen molar-refractivity contribution in [3.05, 3.63) is 11.9 Å². The molecule has 0 aromatic heterocycles. The van der Waals surface area contributed by atoms with Gasteiger partial charge in [0.1, 0.15) is 5.83 Å². The molecule has 0 aromatic carbocycles. The van der Waals surface area contributed by atoms with Crippen LogP contribution >= 0.6 is 0 Å². The first-order valence-corrected chi connectivity index (χ1v) is 4.31. The van der Waals surface area contributed by atoms with Crippen molar-refractivity contribution in [3.8, 4) is 0 Å². The molecule has 0 saturated carbocycles. The van der Waals surface area contributed by atoms with Gasteiger partial charge in [0.2, 0.25) is 0 Å². The molecule has 0 bridgehead atoms. The maximum Gasteiger partial charge on any atom is 0.412 e. The molecule has 18 heavy (non-hydrogen) atoms. The maximum atomic E-state index is 12.4. The minimum atomic E-state index is -5.68. The van der Waals surface area contributed by atoms with Crippen LogP contribution < -0.4 is 0 Å². The minimum absolute atomic E-state index is 0.975. The van der Waals surface area contributed by atoms with Gasteiger partial charge < -0.3 is 0 Å². The zero-order valence-electron chi connectivity index (χ0n) is 8.35. The van der Waals surface area contributed by atoms with Crippen LogP contribution in [0, 0.1) is 5.92 Å². The average Bonchev–Trinajstić information content (AvgIpc) is 1.93. The van der Waals surface area contributed by atoms with E-state index in [9.17, 15) is 43.9 Å². The number of allylic oxidation sites excluding steroid dienone is 2. The van der Waals surface area contributed by atoms with Gasteiger partial charge in [0, 0.05) is 6.42 Å². The van der Waals surface area contributed by atoms with Gasteiger partial charge in [0.25, 0.3) is 0 Å². The molecule has 0 heterocycles. The summed E-state index contributed by atoms with van der Waals surface area (Å²) in [6.07, 6.45) is -20.9. The first-order valence-electron chi connectivity index (χ1n) is 4.31. The molecule has 0 unspecified atom stereocenters. The Morgan fingerprint density at radius 2 is 1.22 bits per heavy atom. The van der Waals surface area contributed by atoms with Crippen LogP contribution in [0.4, 0.5) is 43.9 Å². The first kappa shape index (κ1) is 17.0. The van der Waals surface area contributed by atoms with Gasteiger partial charge in [0.05, 0.1) is 6.08 Å². The Morgan fingerprint density at radius 3 is 1.50 bits per heavy atom. The third kappa shape index (κ3) is 6.70. The van der Waals surface area contributed by atoms with Gasteiger partial charge in [-0.05, 0) is 6.42 Å². The molecule has 0 spiro atoms. The molecule has 0 aromatic rings. The van der Waals surface area contributed by atoms with E-state index in [0.29, 0.717) is 0 Å². The lowest BCUT2D eigenvalue weighted by Gasteiger charge is -2.22. The molecule has 0 saturated heterocycles. The Labute approximate surface area is 94.3 Å². The molecule has 0 amide bonds. The zero-order chi connectivity index (χ0) is 14.8. The van der Waals surface area contributed by atoms with Crippen molar-refractivity contribution in [3.63, 3.8) is 0 Å². The molecule has 0 aliphatic heterocycles. The molecule has 0 N–H and O–H groups in total. The van der Waals surface area contributed by atoms with E-state index in [1.165, 1.54) is 0 Å². The highest BCUT2D eigenvalue weighted by Gasteiger charge is 2.55. The van der Waals surface area contributed by atoms with Crippen molar-refractivity contribution in [2.45, 2.75) is 31.4 Å². The predicted molar refractivity (Wildman–Crippen MR) is 40.1 cm³/mol. The third-order valence-corrected chi connectivity index (χ3v) is 1.78. The highest BCUT2D eigenvalue weighted by molar-refractivity contribution is 4.97. The van der Waals surface area contributed by atoms with E-state index >= 15 is 0 Å². The van der Waals surface area contributed by atoms with Crippen molar-refractivity contribution in [2.75, 3.05) is 0 Å². The highest BCUT2D eigenvalue weighted by Crippen LogP contribution is 2.42. The number of halogens is 10. The van der Waals surface area contributed by atoms with Crippen LogP contribution in [0.15, 0.2) is 11.9 Å². The fourth-order valence-electron chi connectivity index (χ4n) is 1.04. The molecular formula is C8H6F10. The summed E-state index contributed by atoms with van der Waals surface area (Å²) in [5, 5.41) is 0. The third-order valence-electron chi connectivity index (χ3n) is 1.78. The van der Waals surface area contributed by atoms with E-state index in [4.69, 9.17) is 0 Å². The summed E-state index contributed by atoms with van der Waals surface area (Å²) < 4.78 is 119. The Kier molecular flexibility index (Phi) is 5.07. The number of alkyl halides is 9. The molecule has 0 nitrogen and oxygen atoms in total. The molecule has 10 heteroatoms. The summed E-state index contributed by atoms with van der Waals surface area (Å²) in [5.74, 6) is -5.93. The Morgan fingerprint density at radius 1 is 0.833 bits per heavy atom. The van der Waals surface area contributed by atoms with Crippen molar-refractivity contribution < 1.29 is 43.9 Å². The lowest BCUT2D eigenvalue weighted by molar-refractivity contribution is -0.285. The minimum Gasteiger partial charge on any atom is -0.212 e. The Bertz CT molecular complexity index is 276. The Balaban J connectivity index is 4.72. The van der Waals surface area contributed by atoms with Gasteiger partial charge in [-0.2, -0.15) is 39.5 Å². The van der Waals surface area contributed by atoms with Crippen molar-refractivity contribution in [2.24, 2.45) is 5.92 Å². The van der Waals surface area contributed by atoms with Crippen LogP contribution in [0.5, 0.6) is 0 Å². The molecular weight excluding hydrogens is 286 g/mol. The lowest BCUT2D eigenvalue weighted by atomic mass is 10.0. The van der Waals surface area contributed by atoms with E-state index in [1.807, 2.05) is 0 Å². The largest absolute Gasteiger partial charge is 0.412 e. The normalized spacial score (nSPS) is 15.4. The van der Waals surface area contributed by atoms with E-state index in [-0.39, 0.29) is 0 Å². The predicted octanol–water partition coefficient (Wildman–Crippen LogP) is 4.92. The van der Waals surface area contributed by atoms with Gasteiger partial charge >= 0.3 is 18.5 Å². The number of hydrogen-bond donors (Lipinski definition) is 0. The van der Waals surface area contributed by atoms with Crippen LogP contribution in [-0.2, 0) is 0 Å². The summed E-state index contributed by atoms with van der Waals surface area (Å²) >= 11 is 0. The van der Waals surface area contributed by atoms with Gasteiger partial charge in [-0.15, -0.1) is 0 Å². The standard InChI is InChI=1S/C8H6F10/c9-4(3-6(10,11)12)1-2-5(7(13,14)15)8(16,17)18/h3,5H,1-2H2/b4-3-. The topological polar surface area (TPSA) is 0 Å². The van der Waals surface area contributed by atoms with Gasteiger partial charge in [0.15, 0.2) is 5.92 Å². The van der Waals surface area contributed by atoms with E-state index in [0.717, 1.165) is 0 Å². The van der Waals surface area contributed by atoms with Gasteiger partial charge in [-0.25, -0.2) is 4.39 Å². The van der Waals surface area contributed by atoms with Gasteiger partial charge in [-0.1, -0.05) is 0 Å². The second-order valence-electron chi connectivity index (χ2n) is 3.31. The second kappa shape index (κ2) is 5.35. The van der Waals surface area contributed by atoms with Crippen LogP contribution in [0.1, 0.15) is 12.8 Å². The van der Waals surface area contributed by atoms with Crippen molar-refractivity contribution >= 4 is 0 Å². The summed E-state index contributed by atoms with van der Waals surface area (Å²) in [5.41, 5.74) is 0. The molecule has 0 fully saturated rings. The average molecular weight is 292 g/mol. The zero-order valence-corrected chi connectivity index (χ0v) is 8.35. The number of rotatable bonds is 3. The Hall–Kier alpha value is -0.960. The fraction of sp³-hybridized carbons (Fsp3) is 0.750. The SMILES string of the molecule is F/C(=C\C(F)(F)F)CCC(C(F)(F)F)C(F)(F)F. The molecule has 0 aliphatic rings. The molecule has 0 rings (SSSR count). The van der Waals surface area contributed by atoms with Crippen LogP contribution in [0.3, 0.4) is 0 Å². The van der Waals surface area contributed by atoms with Crippen LogP contribution in [0.25, 0.3) is 0 Å². The summed E-state index contributed by atoms with van der Waals surface area (Å²) in [4.78, 5) is 0. The van der Waals surface area contributed by atoms with Gasteiger partial charge in [-0.3, -0.25) is 0 Å². The summed E-state index contributed by atoms with van der Waals surface area (Å²) in [6, 6.07) is 0.